The maximum Gasteiger partial charge on any atom is 0.276 e. The molecule has 1 fully saturated rings. The minimum Gasteiger partial charge on any atom is -0.392 e. The number of hydrogen-bond acceptors (Lipinski definition) is 5. The molecule has 0 aliphatic carbocycles. The smallest absolute Gasteiger partial charge is 0.276 e. The van der Waals surface area contributed by atoms with Crippen molar-refractivity contribution in [1.29, 1.82) is 0 Å². The number of aliphatic hydroxyl groups is 1. The molecule has 9 heteroatoms. The average molecular weight is 528 g/mol. The second-order valence-corrected chi connectivity index (χ2v) is 10.7. The number of hydrogen-bond donors (Lipinski definition) is 2. The van der Waals surface area contributed by atoms with E-state index in [-0.39, 0.29) is 24.7 Å². The first-order valence-corrected chi connectivity index (χ1v) is 12.0. The highest BCUT2D eigenvalue weighted by molar-refractivity contribution is 6.76. The zero-order valence-corrected chi connectivity index (χ0v) is 21.4. The molecule has 4 unspecified atom stereocenters. The molecule has 2 aromatic rings. The van der Waals surface area contributed by atoms with Crippen LogP contribution in [0.4, 0.5) is 5.69 Å². The summed E-state index contributed by atoms with van der Waals surface area (Å²) in [5.74, 6) is -0.699. The highest BCUT2D eigenvalue weighted by Gasteiger charge is 2.39. The Bertz CT molecular complexity index is 981. The highest BCUT2D eigenvalue weighted by atomic mass is 35.6. The molecule has 1 aliphatic heterocycles. The van der Waals surface area contributed by atoms with Gasteiger partial charge in [-0.15, -0.1) is 6.58 Å². The predicted molar refractivity (Wildman–Crippen MR) is 136 cm³/mol. The van der Waals surface area contributed by atoms with Gasteiger partial charge in [0.1, 0.15) is 0 Å². The molecule has 1 amide bonds. The maximum atomic E-state index is 12.1. The molecule has 1 heterocycles. The van der Waals surface area contributed by atoms with Crippen molar-refractivity contribution < 1.29 is 19.4 Å². The molecule has 3 rings (SSSR count). The third-order valence-corrected chi connectivity index (χ3v) is 6.24. The standard InChI is InChI=1S/C25H29Cl3N2O4/c1-4-12-30(3)14-21-16(2)22(18-10-8-17(15-31)9-11-18)34-23(33-21)19-6-5-7-20(13-19)29-24(32)25(26,27)28/h4-11,13,16,21-23,31H,1,12,14-15H2,2-3H3,(H,29,32). The fourth-order valence-electron chi connectivity index (χ4n) is 3.90. The van der Waals surface area contributed by atoms with E-state index in [9.17, 15) is 9.90 Å². The van der Waals surface area contributed by atoms with Crippen LogP contribution in [0.2, 0.25) is 0 Å². The summed E-state index contributed by atoms with van der Waals surface area (Å²) < 4.78 is 10.8. The monoisotopic (exact) mass is 526 g/mol. The molecule has 0 aromatic heterocycles. The van der Waals surface area contributed by atoms with E-state index in [1.165, 1.54) is 0 Å². The molecule has 6 nitrogen and oxygen atoms in total. The second-order valence-electron chi connectivity index (χ2n) is 8.41. The summed E-state index contributed by atoms with van der Waals surface area (Å²) in [4.78, 5) is 14.2. The molecule has 184 valence electrons. The predicted octanol–water partition coefficient (Wildman–Crippen LogP) is 5.40. The summed E-state index contributed by atoms with van der Waals surface area (Å²) >= 11 is 17.0. The minimum atomic E-state index is -2.07. The quantitative estimate of drug-likeness (QED) is 0.355. The van der Waals surface area contributed by atoms with Gasteiger partial charge in [0.05, 0.1) is 18.8 Å². The summed E-state index contributed by atoms with van der Waals surface area (Å²) in [6, 6.07) is 14.8. The molecule has 0 radical (unpaired) electrons. The Hall–Kier alpha value is -1.64. The van der Waals surface area contributed by atoms with E-state index >= 15 is 0 Å². The lowest BCUT2D eigenvalue weighted by molar-refractivity contribution is -0.275. The van der Waals surface area contributed by atoms with Gasteiger partial charge in [0.25, 0.3) is 9.70 Å². The van der Waals surface area contributed by atoms with Crippen molar-refractivity contribution in [2.75, 3.05) is 25.5 Å². The van der Waals surface area contributed by atoms with Gasteiger partial charge in [0.2, 0.25) is 0 Å². The number of amides is 1. The van der Waals surface area contributed by atoms with Crippen LogP contribution in [0, 0.1) is 5.92 Å². The lowest BCUT2D eigenvalue weighted by atomic mass is 9.90. The van der Waals surface area contributed by atoms with Gasteiger partial charge in [-0.1, -0.05) is 84.2 Å². The molecule has 2 aromatic carbocycles. The first-order chi connectivity index (χ1) is 16.1. The minimum absolute atomic E-state index is 0.0191. The third-order valence-electron chi connectivity index (χ3n) is 5.73. The van der Waals surface area contributed by atoms with Crippen LogP contribution in [0.5, 0.6) is 0 Å². The number of halogens is 3. The molecular formula is C25H29Cl3N2O4. The number of rotatable bonds is 8. The van der Waals surface area contributed by atoms with Crippen LogP contribution in [0.15, 0.2) is 61.2 Å². The van der Waals surface area contributed by atoms with Crippen LogP contribution in [-0.2, 0) is 20.9 Å². The Kier molecular flexibility index (Phi) is 9.41. The van der Waals surface area contributed by atoms with E-state index in [0.29, 0.717) is 12.2 Å². The maximum absolute atomic E-state index is 12.1. The molecule has 0 bridgehead atoms. The van der Waals surface area contributed by atoms with Gasteiger partial charge < -0.3 is 24.8 Å². The Labute approximate surface area is 215 Å². The molecule has 1 aliphatic rings. The fourth-order valence-corrected chi connectivity index (χ4v) is 4.04. The van der Waals surface area contributed by atoms with Crippen LogP contribution in [0.3, 0.4) is 0 Å². The van der Waals surface area contributed by atoms with Gasteiger partial charge in [-0.25, -0.2) is 0 Å². The summed E-state index contributed by atoms with van der Waals surface area (Å²) in [7, 11) is 2.01. The van der Waals surface area contributed by atoms with E-state index in [1.54, 1.807) is 18.2 Å². The number of carbonyl (C=O) groups excluding carboxylic acids is 1. The van der Waals surface area contributed by atoms with Gasteiger partial charge >= 0.3 is 0 Å². The lowest BCUT2D eigenvalue weighted by Gasteiger charge is -2.42. The van der Waals surface area contributed by atoms with Crippen LogP contribution in [0.25, 0.3) is 0 Å². The van der Waals surface area contributed by atoms with Gasteiger partial charge in [-0.05, 0) is 30.3 Å². The van der Waals surface area contributed by atoms with E-state index in [0.717, 1.165) is 23.2 Å². The van der Waals surface area contributed by atoms with Crippen LogP contribution in [0.1, 0.15) is 36.0 Å². The van der Waals surface area contributed by atoms with Crippen molar-refractivity contribution in [2.24, 2.45) is 5.92 Å². The zero-order chi connectivity index (χ0) is 24.9. The van der Waals surface area contributed by atoms with Crippen molar-refractivity contribution in [2.45, 2.75) is 35.8 Å². The van der Waals surface area contributed by atoms with Gasteiger partial charge in [0.15, 0.2) is 6.29 Å². The Morgan fingerprint density at radius 3 is 2.50 bits per heavy atom. The highest BCUT2D eigenvalue weighted by Crippen LogP contribution is 2.42. The fraction of sp³-hybridized carbons (Fsp3) is 0.400. The Morgan fingerprint density at radius 1 is 1.18 bits per heavy atom. The number of alkyl halides is 3. The second kappa shape index (κ2) is 11.9. The molecular weight excluding hydrogens is 499 g/mol. The number of carbonyl (C=O) groups is 1. The summed E-state index contributed by atoms with van der Waals surface area (Å²) in [5, 5.41) is 12.0. The molecule has 4 atom stereocenters. The number of benzene rings is 2. The summed E-state index contributed by atoms with van der Waals surface area (Å²) in [6.45, 7) is 7.31. The normalized spacial score (nSPS) is 23.0. The number of nitrogens with zero attached hydrogens (tertiary/aromatic N) is 1. The van der Waals surface area contributed by atoms with E-state index in [4.69, 9.17) is 44.3 Å². The molecule has 2 N–H and O–H groups in total. The largest absolute Gasteiger partial charge is 0.392 e. The van der Waals surface area contributed by atoms with Crippen molar-refractivity contribution >= 4 is 46.4 Å². The first-order valence-electron chi connectivity index (χ1n) is 10.9. The van der Waals surface area contributed by atoms with E-state index in [2.05, 4.69) is 23.7 Å². The molecule has 0 spiro atoms. The first kappa shape index (κ1) is 27.0. The van der Waals surface area contributed by atoms with E-state index < -0.39 is 16.0 Å². The van der Waals surface area contributed by atoms with Gasteiger partial charge in [-0.2, -0.15) is 0 Å². The number of aliphatic hydroxyl groups excluding tert-OH is 1. The van der Waals surface area contributed by atoms with Crippen molar-refractivity contribution in [3.8, 4) is 0 Å². The Morgan fingerprint density at radius 2 is 1.88 bits per heavy atom. The van der Waals surface area contributed by atoms with Crippen LogP contribution in [-0.4, -0.2) is 45.9 Å². The molecule has 1 saturated heterocycles. The van der Waals surface area contributed by atoms with E-state index in [1.807, 2.05) is 43.5 Å². The van der Waals surface area contributed by atoms with Crippen molar-refractivity contribution in [1.82, 2.24) is 4.90 Å². The topological polar surface area (TPSA) is 71.0 Å². The number of ether oxygens (including phenoxy) is 2. The number of anilines is 1. The Balaban J connectivity index is 1.88. The van der Waals surface area contributed by atoms with Crippen LogP contribution >= 0.6 is 34.8 Å². The van der Waals surface area contributed by atoms with Crippen molar-refractivity contribution in [3.05, 3.63) is 77.9 Å². The summed E-state index contributed by atoms with van der Waals surface area (Å²) in [6.07, 6.45) is 0.799. The van der Waals surface area contributed by atoms with Gasteiger partial charge in [-0.3, -0.25) is 4.79 Å². The molecule has 0 saturated carbocycles. The SMILES string of the molecule is C=CCN(C)CC1OC(c2cccc(NC(=O)C(Cl)(Cl)Cl)c2)OC(c2ccc(CO)cc2)C1C. The number of likely N-dealkylation sites (N-methyl/N-ethyl adjacent to an activating group) is 1. The van der Waals surface area contributed by atoms with Crippen LogP contribution < -0.4 is 5.32 Å². The third kappa shape index (κ3) is 6.95. The number of nitrogens with one attached hydrogen (secondary N) is 1. The van der Waals surface area contributed by atoms with Gasteiger partial charge in [0, 0.05) is 30.3 Å². The lowest BCUT2D eigenvalue weighted by Crippen LogP contribution is -2.43. The zero-order valence-electron chi connectivity index (χ0n) is 19.1. The molecule has 34 heavy (non-hydrogen) atoms. The van der Waals surface area contributed by atoms with Crippen molar-refractivity contribution in [3.63, 3.8) is 0 Å². The average Bonchev–Trinajstić information content (AvgIpc) is 2.80. The summed E-state index contributed by atoms with van der Waals surface area (Å²) in [5.41, 5.74) is 3.01.